The number of hydrogen-bond donors (Lipinski definition) is 0. The van der Waals surface area contributed by atoms with Gasteiger partial charge in [0.2, 0.25) is 0 Å². The van der Waals surface area contributed by atoms with Crippen LogP contribution < -0.4 is 73.8 Å². The topological polar surface area (TPSA) is 55.3 Å². The van der Waals surface area contributed by atoms with Crippen molar-refractivity contribution in [2.75, 3.05) is 0 Å². The summed E-state index contributed by atoms with van der Waals surface area (Å²) >= 11 is 0. The Labute approximate surface area is 120 Å². The average Bonchev–Trinajstić information content (AvgIpc) is 1.93. The molecular formula is C6H4BFNa2O3. The Morgan fingerprint density at radius 1 is 1.08 bits per heavy atom. The fraction of sp³-hybridized carbons (Fsp3) is 0. The molecule has 0 amide bonds. The molecule has 0 aliphatic rings. The van der Waals surface area contributed by atoms with E-state index in [1.165, 1.54) is 12.1 Å². The molecule has 0 fully saturated rings. The van der Waals surface area contributed by atoms with Gasteiger partial charge in [-0.05, 0) is 24.3 Å². The molecule has 0 saturated carbocycles. The summed E-state index contributed by atoms with van der Waals surface area (Å²) in [6.45, 7) is 0. The van der Waals surface area contributed by atoms with Crippen LogP contribution in [0.3, 0.4) is 0 Å². The predicted octanol–water partition coefficient (Wildman–Crippen LogP) is -7.08. The number of hydrogen-bond acceptors (Lipinski definition) is 3. The van der Waals surface area contributed by atoms with E-state index in [0.29, 0.717) is 0 Å². The Bertz CT molecular complexity index is 232. The molecular weight excluding hydrogens is 196 g/mol. The molecule has 0 bridgehead atoms. The van der Waals surface area contributed by atoms with E-state index in [9.17, 15) is 14.4 Å². The molecule has 0 aromatic heterocycles. The summed E-state index contributed by atoms with van der Waals surface area (Å²) in [5.74, 6) is -0.355. The van der Waals surface area contributed by atoms with Crippen molar-refractivity contribution >= 4 is 7.32 Å². The Hall–Kier alpha value is 0.935. The van der Waals surface area contributed by atoms with Gasteiger partial charge in [0.05, 0.1) is 5.75 Å². The van der Waals surface area contributed by atoms with Gasteiger partial charge < -0.3 is 14.7 Å². The quantitative estimate of drug-likeness (QED) is 0.445. The van der Waals surface area contributed by atoms with Crippen LogP contribution in [0.15, 0.2) is 24.3 Å². The maximum Gasteiger partial charge on any atom is 1.00 e. The van der Waals surface area contributed by atoms with Crippen LogP contribution in [0, 0.1) is 5.82 Å². The summed E-state index contributed by atoms with van der Waals surface area (Å²) in [7, 11) is -2.36. The van der Waals surface area contributed by atoms with Crippen LogP contribution in [0.4, 0.5) is 4.39 Å². The maximum absolute atomic E-state index is 12.2. The molecule has 0 aliphatic carbocycles. The predicted molar refractivity (Wildman–Crippen MR) is 32.8 cm³/mol. The second kappa shape index (κ2) is 8.26. The van der Waals surface area contributed by atoms with Gasteiger partial charge in [-0.15, -0.1) is 0 Å². The smallest absolute Gasteiger partial charge is 0.860 e. The first-order valence-electron chi connectivity index (χ1n) is 2.92. The molecule has 13 heavy (non-hydrogen) atoms. The minimum absolute atomic E-state index is 0. The van der Waals surface area contributed by atoms with Gasteiger partial charge in [0.15, 0.2) is 0 Å². The summed E-state index contributed by atoms with van der Waals surface area (Å²) in [5, 5.41) is 19.8. The van der Waals surface area contributed by atoms with E-state index in [0.717, 1.165) is 12.1 Å². The molecule has 0 heterocycles. The summed E-state index contributed by atoms with van der Waals surface area (Å²) < 4.78 is 16.4. The van der Waals surface area contributed by atoms with Crippen LogP contribution in [0.25, 0.3) is 0 Å². The van der Waals surface area contributed by atoms with Crippen LogP contribution in [0.1, 0.15) is 0 Å². The maximum atomic E-state index is 12.2. The van der Waals surface area contributed by atoms with E-state index >= 15 is 0 Å². The Balaban J connectivity index is 0. The van der Waals surface area contributed by atoms with Crippen LogP contribution >= 0.6 is 0 Å². The molecule has 0 unspecified atom stereocenters. The van der Waals surface area contributed by atoms with Gasteiger partial charge in [-0.1, -0.05) is 0 Å². The minimum atomic E-state index is -2.36. The van der Waals surface area contributed by atoms with Crippen molar-refractivity contribution in [3.63, 3.8) is 0 Å². The largest absolute Gasteiger partial charge is 1.00 e. The van der Waals surface area contributed by atoms with E-state index < -0.39 is 13.1 Å². The first-order valence-corrected chi connectivity index (χ1v) is 2.92. The van der Waals surface area contributed by atoms with Gasteiger partial charge in [-0.25, -0.2) is 4.39 Å². The zero-order chi connectivity index (χ0) is 8.27. The Kier molecular flexibility index (Phi) is 10.4. The van der Waals surface area contributed by atoms with Crippen LogP contribution in [0.2, 0.25) is 0 Å². The fourth-order valence-electron chi connectivity index (χ4n) is 0.624. The fourth-order valence-corrected chi connectivity index (χ4v) is 0.624. The van der Waals surface area contributed by atoms with Gasteiger partial charge in [-0.2, -0.15) is 0 Å². The zero-order valence-corrected chi connectivity index (χ0v) is 11.5. The van der Waals surface area contributed by atoms with Crippen molar-refractivity contribution in [3.05, 3.63) is 30.1 Å². The Morgan fingerprint density at radius 2 is 1.54 bits per heavy atom. The van der Waals surface area contributed by atoms with Gasteiger partial charge in [-0.3, -0.25) is 0 Å². The van der Waals surface area contributed by atoms with Gasteiger partial charge in [0, 0.05) is 0 Å². The molecule has 7 heteroatoms. The first-order chi connectivity index (χ1) is 5.18. The third-order valence-corrected chi connectivity index (χ3v) is 1.05. The van der Waals surface area contributed by atoms with Crippen LogP contribution in [-0.4, -0.2) is 7.32 Å². The average molecular weight is 200 g/mol. The van der Waals surface area contributed by atoms with Crippen molar-refractivity contribution in [1.82, 2.24) is 0 Å². The van der Waals surface area contributed by atoms with Crippen molar-refractivity contribution in [2.45, 2.75) is 0 Å². The first kappa shape index (κ1) is 16.4. The second-order valence-electron chi connectivity index (χ2n) is 1.86. The second-order valence-corrected chi connectivity index (χ2v) is 1.86. The van der Waals surface area contributed by atoms with Crippen molar-refractivity contribution in [1.29, 1.82) is 0 Å². The van der Waals surface area contributed by atoms with E-state index in [1.54, 1.807) is 0 Å². The van der Waals surface area contributed by atoms with E-state index in [2.05, 4.69) is 4.65 Å². The van der Waals surface area contributed by atoms with Crippen LogP contribution in [-0.2, 0) is 0 Å². The SMILES string of the molecule is [Na+].[Na+].[O-]B([O-])Oc1ccc(F)cc1. The van der Waals surface area contributed by atoms with E-state index in [4.69, 9.17) is 0 Å². The van der Waals surface area contributed by atoms with Gasteiger partial charge in [0.1, 0.15) is 13.1 Å². The number of benzene rings is 1. The normalized spacial score (nSPS) is 7.92. The standard InChI is InChI=1S/C6H4BFO3.2Na/c8-5-1-3-6(4-2-5)11-7(9)10;;/h1-4H;;/q-2;2*+1. The third-order valence-electron chi connectivity index (χ3n) is 1.05. The molecule has 0 aliphatic heterocycles. The molecule has 58 valence electrons. The van der Waals surface area contributed by atoms with E-state index in [1.807, 2.05) is 0 Å². The molecule has 3 nitrogen and oxygen atoms in total. The van der Waals surface area contributed by atoms with E-state index in [-0.39, 0.29) is 64.9 Å². The summed E-state index contributed by atoms with van der Waals surface area (Å²) in [5.41, 5.74) is 0. The third kappa shape index (κ3) is 6.93. The van der Waals surface area contributed by atoms with Gasteiger partial charge >= 0.3 is 59.1 Å². The summed E-state index contributed by atoms with van der Waals surface area (Å²) in [6, 6.07) is 4.66. The minimum Gasteiger partial charge on any atom is -0.860 e. The van der Waals surface area contributed by atoms with Gasteiger partial charge in [0.25, 0.3) is 0 Å². The number of halogens is 1. The van der Waals surface area contributed by atoms with Crippen molar-refractivity contribution in [3.8, 4) is 5.75 Å². The molecule has 0 saturated heterocycles. The number of rotatable bonds is 2. The van der Waals surface area contributed by atoms with Crippen molar-refractivity contribution in [2.24, 2.45) is 0 Å². The summed E-state index contributed by atoms with van der Waals surface area (Å²) in [6.07, 6.45) is 0. The molecule has 0 N–H and O–H groups in total. The summed E-state index contributed by atoms with van der Waals surface area (Å²) in [4.78, 5) is 0. The molecule has 1 aromatic rings. The molecule has 0 spiro atoms. The zero-order valence-electron chi connectivity index (χ0n) is 7.49. The van der Waals surface area contributed by atoms with Crippen molar-refractivity contribution < 1.29 is 78.2 Å². The Morgan fingerprint density at radius 3 is 1.92 bits per heavy atom. The molecule has 1 aromatic carbocycles. The van der Waals surface area contributed by atoms with Crippen LogP contribution in [0.5, 0.6) is 5.75 Å². The molecule has 0 radical (unpaired) electrons. The monoisotopic (exact) mass is 200 g/mol. The molecule has 0 atom stereocenters. The molecule has 1 rings (SSSR count).